The summed E-state index contributed by atoms with van der Waals surface area (Å²) in [5, 5.41) is 11.3. The van der Waals surface area contributed by atoms with Crippen LogP contribution in [-0.2, 0) is 14.3 Å². The number of carbonyl (C=O) groups is 2. The monoisotopic (exact) mass is 269 g/mol. The molecule has 1 rings (SSSR count). The van der Waals surface area contributed by atoms with Crippen LogP contribution in [0, 0.1) is 23.7 Å². The zero-order valence-electron chi connectivity index (χ0n) is 12.2. The Morgan fingerprint density at radius 2 is 1.79 bits per heavy atom. The largest absolute Gasteiger partial charge is 0.550 e. The molecule has 110 valence electrons. The van der Waals surface area contributed by atoms with Crippen molar-refractivity contribution < 1.29 is 19.4 Å². The van der Waals surface area contributed by atoms with Gasteiger partial charge in [0.2, 0.25) is 0 Å². The van der Waals surface area contributed by atoms with Crippen LogP contribution >= 0.6 is 0 Å². The van der Waals surface area contributed by atoms with E-state index in [-0.39, 0.29) is 0 Å². The number of carboxylic acids is 1. The smallest absolute Gasteiger partial charge is 0.309 e. The van der Waals surface area contributed by atoms with E-state index in [9.17, 15) is 14.7 Å². The summed E-state index contributed by atoms with van der Waals surface area (Å²) >= 11 is 0. The van der Waals surface area contributed by atoms with Gasteiger partial charge >= 0.3 is 5.97 Å². The van der Waals surface area contributed by atoms with E-state index >= 15 is 0 Å². The van der Waals surface area contributed by atoms with E-state index in [4.69, 9.17) is 0 Å². The second kappa shape index (κ2) is 7.51. The molecule has 0 saturated heterocycles. The molecule has 1 aliphatic rings. The van der Waals surface area contributed by atoms with Crippen molar-refractivity contribution in [1.82, 2.24) is 0 Å². The van der Waals surface area contributed by atoms with Crippen molar-refractivity contribution in [1.29, 1.82) is 0 Å². The minimum atomic E-state index is -1.14. The minimum absolute atomic E-state index is 0.315. The van der Waals surface area contributed by atoms with Crippen LogP contribution in [0.25, 0.3) is 0 Å². The number of ether oxygens (including phenoxy) is 1. The third-order valence-corrected chi connectivity index (χ3v) is 4.56. The summed E-state index contributed by atoms with van der Waals surface area (Å²) in [6.45, 7) is 3.70. The van der Waals surface area contributed by atoms with Crippen LogP contribution in [0.2, 0.25) is 0 Å². The fourth-order valence-corrected chi connectivity index (χ4v) is 3.15. The van der Waals surface area contributed by atoms with Crippen molar-refractivity contribution in [2.24, 2.45) is 23.7 Å². The summed E-state index contributed by atoms with van der Waals surface area (Å²) in [4.78, 5) is 22.8. The van der Waals surface area contributed by atoms with E-state index in [0.29, 0.717) is 18.3 Å². The average molecular weight is 269 g/mol. The lowest BCUT2D eigenvalue weighted by atomic mass is 9.75. The molecular weight excluding hydrogens is 244 g/mol. The van der Waals surface area contributed by atoms with Gasteiger partial charge in [-0.15, -0.1) is 0 Å². The Morgan fingerprint density at radius 3 is 2.26 bits per heavy atom. The lowest BCUT2D eigenvalue weighted by Gasteiger charge is -2.32. The topological polar surface area (TPSA) is 66.4 Å². The van der Waals surface area contributed by atoms with Crippen molar-refractivity contribution in [3.63, 3.8) is 0 Å². The molecule has 0 spiro atoms. The Hall–Kier alpha value is -1.06. The highest BCUT2D eigenvalue weighted by Crippen LogP contribution is 2.34. The van der Waals surface area contributed by atoms with Crippen LogP contribution in [0.5, 0.6) is 0 Å². The number of aliphatic carboxylic acids is 1. The summed E-state index contributed by atoms with van der Waals surface area (Å²) < 4.78 is 4.64. The number of methoxy groups -OCH3 is 1. The van der Waals surface area contributed by atoms with Crippen LogP contribution < -0.4 is 5.11 Å². The van der Waals surface area contributed by atoms with E-state index in [0.717, 1.165) is 0 Å². The van der Waals surface area contributed by atoms with Gasteiger partial charge in [-0.25, -0.2) is 0 Å². The van der Waals surface area contributed by atoms with Crippen molar-refractivity contribution in [3.05, 3.63) is 0 Å². The maximum absolute atomic E-state index is 11.5. The standard InChI is InChI=1S/C15H26O4/c1-10(12-7-5-4-6-8-12)9-13(14(16)17)11(2)15(18)19-3/h10-13H,4-9H2,1-3H3,(H,16,17)/p-1. The summed E-state index contributed by atoms with van der Waals surface area (Å²) in [6.07, 6.45) is 6.60. The third-order valence-electron chi connectivity index (χ3n) is 4.56. The second-order valence-electron chi connectivity index (χ2n) is 5.85. The fourth-order valence-electron chi connectivity index (χ4n) is 3.15. The molecule has 0 N–H and O–H groups in total. The van der Waals surface area contributed by atoms with Crippen LogP contribution in [0.4, 0.5) is 0 Å². The predicted octanol–water partition coefficient (Wildman–Crippen LogP) is 1.77. The molecule has 0 aromatic carbocycles. The zero-order valence-corrected chi connectivity index (χ0v) is 12.2. The molecule has 0 amide bonds. The van der Waals surface area contributed by atoms with E-state index in [1.807, 2.05) is 0 Å². The zero-order chi connectivity index (χ0) is 14.4. The molecule has 0 radical (unpaired) electrons. The number of hydrogen-bond donors (Lipinski definition) is 0. The summed E-state index contributed by atoms with van der Waals surface area (Å²) in [5.74, 6) is -2.09. The molecular formula is C15H25O4-. The van der Waals surface area contributed by atoms with Crippen LogP contribution in [0.15, 0.2) is 0 Å². The summed E-state index contributed by atoms with van der Waals surface area (Å²) in [7, 11) is 1.29. The Morgan fingerprint density at radius 1 is 1.21 bits per heavy atom. The first-order valence-electron chi connectivity index (χ1n) is 7.26. The maximum atomic E-state index is 11.5. The summed E-state index contributed by atoms with van der Waals surface area (Å²) in [6, 6.07) is 0. The van der Waals surface area contributed by atoms with Gasteiger partial charge in [-0.3, -0.25) is 4.79 Å². The van der Waals surface area contributed by atoms with Gasteiger partial charge in [0.1, 0.15) is 0 Å². The van der Waals surface area contributed by atoms with Crippen LogP contribution in [0.3, 0.4) is 0 Å². The number of hydrogen-bond acceptors (Lipinski definition) is 4. The first-order chi connectivity index (χ1) is 8.97. The van der Waals surface area contributed by atoms with Gasteiger partial charge < -0.3 is 14.6 Å². The van der Waals surface area contributed by atoms with Crippen LogP contribution in [-0.4, -0.2) is 19.0 Å². The lowest BCUT2D eigenvalue weighted by Crippen LogP contribution is -2.40. The molecule has 0 heterocycles. The van der Waals surface area contributed by atoms with E-state index < -0.39 is 23.8 Å². The van der Waals surface area contributed by atoms with Crippen molar-refractivity contribution >= 4 is 11.9 Å². The van der Waals surface area contributed by atoms with Gasteiger partial charge in [0.05, 0.1) is 13.0 Å². The molecule has 3 atom stereocenters. The molecule has 4 nitrogen and oxygen atoms in total. The van der Waals surface area contributed by atoms with Gasteiger partial charge in [0, 0.05) is 11.9 Å². The number of carboxylic acid groups (broad SMARTS) is 1. The third kappa shape index (κ3) is 4.51. The molecule has 1 fully saturated rings. The first-order valence-corrected chi connectivity index (χ1v) is 7.26. The molecule has 1 aliphatic carbocycles. The Kier molecular flexibility index (Phi) is 6.32. The van der Waals surface area contributed by atoms with E-state index in [2.05, 4.69) is 11.7 Å². The Bertz CT molecular complexity index is 307. The average Bonchev–Trinajstić information content (AvgIpc) is 2.43. The van der Waals surface area contributed by atoms with E-state index in [1.165, 1.54) is 39.2 Å². The minimum Gasteiger partial charge on any atom is -0.550 e. The fraction of sp³-hybridized carbons (Fsp3) is 0.867. The van der Waals surface area contributed by atoms with Crippen molar-refractivity contribution in [2.45, 2.75) is 52.4 Å². The number of rotatable bonds is 6. The highest BCUT2D eigenvalue weighted by atomic mass is 16.5. The molecule has 0 aromatic heterocycles. The van der Waals surface area contributed by atoms with Crippen LogP contribution in [0.1, 0.15) is 52.4 Å². The highest BCUT2D eigenvalue weighted by molar-refractivity contribution is 5.79. The second-order valence-corrected chi connectivity index (χ2v) is 5.85. The molecule has 0 aromatic rings. The van der Waals surface area contributed by atoms with Gasteiger partial charge in [0.15, 0.2) is 0 Å². The summed E-state index contributed by atoms with van der Waals surface area (Å²) in [5.41, 5.74) is 0. The molecule has 1 saturated carbocycles. The molecule has 0 aliphatic heterocycles. The van der Waals surface area contributed by atoms with Crippen molar-refractivity contribution in [2.75, 3.05) is 7.11 Å². The van der Waals surface area contributed by atoms with Gasteiger partial charge in [-0.2, -0.15) is 0 Å². The molecule has 0 bridgehead atoms. The molecule has 3 unspecified atom stereocenters. The van der Waals surface area contributed by atoms with Gasteiger partial charge in [-0.1, -0.05) is 46.0 Å². The van der Waals surface area contributed by atoms with E-state index in [1.54, 1.807) is 6.92 Å². The highest BCUT2D eigenvalue weighted by Gasteiger charge is 2.30. The quantitative estimate of drug-likeness (QED) is 0.689. The van der Waals surface area contributed by atoms with Crippen molar-refractivity contribution in [3.8, 4) is 0 Å². The normalized spacial score (nSPS) is 21.4. The first kappa shape index (κ1) is 16.0. The lowest BCUT2D eigenvalue weighted by molar-refractivity contribution is -0.313. The number of esters is 1. The maximum Gasteiger partial charge on any atom is 0.309 e. The van der Waals surface area contributed by atoms with Gasteiger partial charge in [0.25, 0.3) is 0 Å². The SMILES string of the molecule is COC(=O)C(C)C(CC(C)C1CCCCC1)C(=O)[O-]. The Balaban J connectivity index is 2.61. The molecule has 4 heteroatoms. The number of carbonyl (C=O) groups excluding carboxylic acids is 2. The van der Waals surface area contributed by atoms with Gasteiger partial charge in [-0.05, 0) is 18.3 Å². The molecule has 19 heavy (non-hydrogen) atoms. The predicted molar refractivity (Wildman–Crippen MR) is 70.0 cm³/mol. The Labute approximate surface area is 115 Å².